The molecule has 0 atom stereocenters. The van der Waals surface area contributed by atoms with Gasteiger partial charge >= 0.3 is 11.9 Å². The van der Waals surface area contributed by atoms with Crippen molar-refractivity contribution in [3.63, 3.8) is 0 Å². The number of nitrogens with one attached hydrogen (secondary N) is 1. The van der Waals surface area contributed by atoms with Gasteiger partial charge in [-0.2, -0.15) is 18.2 Å². The molecular weight excluding hydrogens is 339 g/mol. The first kappa shape index (κ1) is 16.7. The second-order valence-electron chi connectivity index (χ2n) is 4.32. The summed E-state index contributed by atoms with van der Waals surface area (Å²) in [4.78, 5) is 26.2. The highest BCUT2D eigenvalue weighted by atomic mass is 35.5. The highest BCUT2D eigenvalue weighted by Gasteiger charge is 2.32. The minimum atomic E-state index is -4.72. The highest BCUT2D eigenvalue weighted by Crippen LogP contribution is 2.28. The summed E-state index contributed by atoms with van der Waals surface area (Å²) in [5.74, 6) is 0. The van der Waals surface area contributed by atoms with Crippen LogP contribution in [0.1, 0.15) is 17.0 Å². The topological polar surface area (TPSA) is 88.9 Å². The molecule has 0 bridgehead atoms. The molecule has 2 aromatic rings. The third-order valence-electron chi connectivity index (χ3n) is 2.68. The van der Waals surface area contributed by atoms with Crippen LogP contribution < -0.4 is 5.69 Å². The Morgan fingerprint density at radius 1 is 1.26 bits per heavy atom. The van der Waals surface area contributed by atoms with E-state index >= 15 is 0 Å². The highest BCUT2D eigenvalue weighted by molar-refractivity contribution is 6.32. The van der Waals surface area contributed by atoms with Gasteiger partial charge in [0.25, 0.3) is 5.69 Å². The number of nitro groups is 1. The van der Waals surface area contributed by atoms with Crippen molar-refractivity contribution in [2.75, 3.05) is 0 Å². The molecule has 1 aromatic heterocycles. The lowest BCUT2D eigenvalue weighted by Crippen LogP contribution is -2.19. The van der Waals surface area contributed by atoms with Gasteiger partial charge in [-0.05, 0) is 23.8 Å². The number of hydrogen-bond acceptors (Lipinski definition) is 4. The molecule has 0 aliphatic rings. The average Bonchev–Trinajstić information content (AvgIpc) is 2.44. The summed E-state index contributed by atoms with van der Waals surface area (Å²) in [6.07, 6.45) is -2.30. The molecule has 0 aliphatic heterocycles. The number of hydrogen-bond donors (Lipinski definition) is 1. The van der Waals surface area contributed by atoms with Gasteiger partial charge in [-0.25, -0.2) is 4.79 Å². The Morgan fingerprint density at radius 3 is 2.57 bits per heavy atom. The van der Waals surface area contributed by atoms with Gasteiger partial charge in [0.1, 0.15) is 10.7 Å². The summed E-state index contributed by atoms with van der Waals surface area (Å²) in [5.41, 5.74) is -2.65. The van der Waals surface area contributed by atoms with E-state index in [0.29, 0.717) is 11.6 Å². The minimum absolute atomic E-state index is 0.0687. The molecule has 1 N–H and O–H groups in total. The van der Waals surface area contributed by atoms with Crippen LogP contribution >= 0.6 is 11.6 Å². The van der Waals surface area contributed by atoms with Gasteiger partial charge in [0.15, 0.2) is 0 Å². The van der Waals surface area contributed by atoms with Crippen molar-refractivity contribution < 1.29 is 18.1 Å². The van der Waals surface area contributed by atoms with Crippen molar-refractivity contribution in [3.05, 3.63) is 66.8 Å². The van der Waals surface area contributed by atoms with Gasteiger partial charge in [0, 0.05) is 6.07 Å². The molecule has 0 unspecified atom stereocenters. The molecular formula is C13H7ClF3N3O3. The van der Waals surface area contributed by atoms with E-state index in [0.717, 1.165) is 12.1 Å². The second-order valence-corrected chi connectivity index (χ2v) is 4.73. The molecule has 0 aliphatic carbocycles. The number of H-pyrrole nitrogens is 1. The number of benzene rings is 1. The minimum Gasteiger partial charge on any atom is -0.302 e. The first-order valence-corrected chi connectivity index (χ1v) is 6.35. The van der Waals surface area contributed by atoms with Gasteiger partial charge in [-0.15, -0.1) is 0 Å². The van der Waals surface area contributed by atoms with Crippen molar-refractivity contribution in [2.45, 2.75) is 6.18 Å². The van der Waals surface area contributed by atoms with E-state index in [1.165, 1.54) is 18.2 Å². The molecule has 1 heterocycles. The fourth-order valence-electron chi connectivity index (χ4n) is 1.67. The maximum Gasteiger partial charge on any atom is 0.431 e. The van der Waals surface area contributed by atoms with Crippen LogP contribution in [0.5, 0.6) is 0 Å². The first-order valence-electron chi connectivity index (χ1n) is 5.97. The molecule has 23 heavy (non-hydrogen) atoms. The SMILES string of the molecule is O=c1nc(/C=C/c2ccc(Cl)c([N+](=O)[O-])c2)cc(C(F)(F)F)[nH]1. The van der Waals surface area contributed by atoms with Gasteiger partial charge in [-0.3, -0.25) is 10.1 Å². The molecule has 120 valence electrons. The fraction of sp³-hybridized carbons (Fsp3) is 0.0769. The average molecular weight is 346 g/mol. The zero-order valence-electron chi connectivity index (χ0n) is 11.1. The summed E-state index contributed by atoms with van der Waals surface area (Å²) in [7, 11) is 0. The van der Waals surface area contributed by atoms with Crippen LogP contribution in [0.4, 0.5) is 18.9 Å². The van der Waals surface area contributed by atoms with E-state index in [2.05, 4.69) is 4.98 Å². The van der Waals surface area contributed by atoms with Gasteiger partial charge in [0.05, 0.1) is 10.6 Å². The van der Waals surface area contributed by atoms with E-state index in [-0.39, 0.29) is 16.4 Å². The van der Waals surface area contributed by atoms with Crippen LogP contribution in [0.3, 0.4) is 0 Å². The molecule has 6 nitrogen and oxygen atoms in total. The predicted octanol–water partition coefficient (Wildman–Crippen LogP) is 3.52. The van der Waals surface area contributed by atoms with Crippen LogP contribution in [0.2, 0.25) is 5.02 Å². The maximum atomic E-state index is 12.6. The third-order valence-corrected chi connectivity index (χ3v) is 3.00. The second kappa shape index (κ2) is 6.21. The number of aromatic nitrogens is 2. The lowest BCUT2D eigenvalue weighted by atomic mass is 10.1. The van der Waals surface area contributed by atoms with E-state index < -0.39 is 22.5 Å². The molecule has 2 rings (SSSR count). The molecule has 10 heteroatoms. The number of halogens is 4. The number of nitro benzene ring substituents is 1. The van der Waals surface area contributed by atoms with Crippen LogP contribution in [0.25, 0.3) is 12.2 Å². The van der Waals surface area contributed by atoms with Gasteiger partial charge in [0.2, 0.25) is 0 Å². The molecule has 0 amide bonds. The third kappa shape index (κ3) is 4.16. The predicted molar refractivity (Wildman–Crippen MR) is 76.9 cm³/mol. The summed E-state index contributed by atoms with van der Waals surface area (Å²) >= 11 is 5.65. The zero-order chi connectivity index (χ0) is 17.2. The Hall–Kier alpha value is -2.68. The van der Waals surface area contributed by atoms with Crippen molar-refractivity contribution in [1.82, 2.24) is 9.97 Å². The van der Waals surface area contributed by atoms with E-state index in [1.54, 1.807) is 4.98 Å². The van der Waals surface area contributed by atoms with Gasteiger partial charge in [-0.1, -0.05) is 23.7 Å². The van der Waals surface area contributed by atoms with E-state index in [9.17, 15) is 28.1 Å². The van der Waals surface area contributed by atoms with Crippen molar-refractivity contribution in [1.29, 1.82) is 0 Å². The Labute approximate surface area is 131 Å². The van der Waals surface area contributed by atoms with E-state index in [4.69, 9.17) is 11.6 Å². The quantitative estimate of drug-likeness (QED) is 0.681. The first-order chi connectivity index (χ1) is 10.7. The summed E-state index contributed by atoms with van der Waals surface area (Å²) in [6.45, 7) is 0. The summed E-state index contributed by atoms with van der Waals surface area (Å²) < 4.78 is 37.8. The molecule has 0 radical (unpaired) electrons. The van der Waals surface area contributed by atoms with Crippen LogP contribution in [0, 0.1) is 10.1 Å². The fourth-order valence-corrected chi connectivity index (χ4v) is 1.86. The smallest absolute Gasteiger partial charge is 0.302 e. The Balaban J connectivity index is 2.38. The van der Waals surface area contributed by atoms with Crippen LogP contribution in [0.15, 0.2) is 29.1 Å². The summed E-state index contributed by atoms with van der Waals surface area (Å²) in [5, 5.41) is 10.7. The van der Waals surface area contributed by atoms with Crippen LogP contribution in [-0.2, 0) is 6.18 Å². The van der Waals surface area contributed by atoms with Crippen molar-refractivity contribution >= 4 is 29.4 Å². The lowest BCUT2D eigenvalue weighted by molar-refractivity contribution is -0.384. The molecule has 0 fully saturated rings. The molecule has 1 aromatic carbocycles. The standard InChI is InChI=1S/C13H7ClF3N3O3/c14-9-4-2-7(5-10(9)20(22)23)1-3-8-6-11(13(15,16)17)19-12(21)18-8/h1-6H,(H,18,19,21)/b3-1+. The lowest BCUT2D eigenvalue weighted by Gasteiger charge is -2.05. The number of nitrogens with zero attached hydrogens (tertiary/aromatic N) is 2. The maximum absolute atomic E-state index is 12.6. The Bertz CT molecular complexity index is 846. The van der Waals surface area contributed by atoms with Crippen LogP contribution in [-0.4, -0.2) is 14.9 Å². The van der Waals surface area contributed by atoms with E-state index in [1.807, 2.05) is 0 Å². The zero-order valence-corrected chi connectivity index (χ0v) is 11.9. The number of aromatic amines is 1. The van der Waals surface area contributed by atoms with Gasteiger partial charge < -0.3 is 4.98 Å². The molecule has 0 saturated carbocycles. The monoisotopic (exact) mass is 345 g/mol. The Morgan fingerprint density at radius 2 is 1.96 bits per heavy atom. The number of alkyl halides is 3. The summed E-state index contributed by atoms with van der Waals surface area (Å²) in [6, 6.07) is 4.52. The molecule has 0 saturated heterocycles. The van der Waals surface area contributed by atoms with Crippen molar-refractivity contribution in [2.24, 2.45) is 0 Å². The molecule has 0 spiro atoms. The Kier molecular flexibility index (Phi) is 4.50. The normalized spacial score (nSPS) is 11.8. The van der Waals surface area contributed by atoms with Crippen molar-refractivity contribution in [3.8, 4) is 0 Å². The largest absolute Gasteiger partial charge is 0.431 e. The number of rotatable bonds is 3.